The fourth-order valence-corrected chi connectivity index (χ4v) is 5.28. The number of amides is 2. The summed E-state index contributed by atoms with van der Waals surface area (Å²) >= 11 is 0. The zero-order chi connectivity index (χ0) is 16.5. The molecule has 128 valence electrons. The van der Waals surface area contributed by atoms with Crippen LogP contribution in [0.3, 0.4) is 0 Å². The van der Waals surface area contributed by atoms with E-state index in [2.05, 4.69) is 0 Å². The first-order chi connectivity index (χ1) is 10.1. The Morgan fingerprint density at radius 1 is 0.727 bits per heavy atom. The molecule has 0 N–H and O–H groups in total. The van der Waals surface area contributed by atoms with E-state index in [9.17, 15) is 21.6 Å². The lowest BCUT2D eigenvalue weighted by Gasteiger charge is -2.38. The highest BCUT2D eigenvalue weighted by atomic mass is 32.2. The normalized spacial score (nSPS) is 22.8. The minimum Gasteiger partial charge on any atom is -0.325 e. The number of carbonyl (C=O) groups is 1. The zero-order valence-electron chi connectivity index (χ0n) is 13.1. The Morgan fingerprint density at radius 2 is 1.00 bits per heavy atom. The monoisotopic (exact) mass is 352 g/mol. The summed E-state index contributed by atoms with van der Waals surface area (Å²) in [5, 5.41) is -0.708. The summed E-state index contributed by atoms with van der Waals surface area (Å²) in [6.07, 6.45) is 4.39. The Kier molecular flexibility index (Phi) is 5.06. The van der Waals surface area contributed by atoms with Gasteiger partial charge in [0.2, 0.25) is 0 Å². The summed E-state index contributed by atoms with van der Waals surface area (Å²) in [6.45, 7) is 1.79. The van der Waals surface area contributed by atoms with Crippen molar-refractivity contribution in [3.8, 4) is 0 Å². The van der Waals surface area contributed by atoms with Gasteiger partial charge in [0.05, 0.1) is 10.5 Å². The van der Waals surface area contributed by atoms with Gasteiger partial charge in [-0.3, -0.25) is 0 Å². The lowest BCUT2D eigenvalue weighted by Crippen LogP contribution is -2.51. The number of hydrogen-bond acceptors (Lipinski definition) is 5. The number of rotatable bonds is 2. The van der Waals surface area contributed by atoms with Crippen LogP contribution in [-0.2, 0) is 19.7 Å². The van der Waals surface area contributed by atoms with Crippen molar-refractivity contribution in [3.63, 3.8) is 0 Å². The van der Waals surface area contributed by atoms with E-state index >= 15 is 0 Å². The van der Waals surface area contributed by atoms with E-state index in [1.54, 1.807) is 9.80 Å². The molecule has 9 heteroatoms. The fourth-order valence-electron chi connectivity index (χ4n) is 3.15. The van der Waals surface area contributed by atoms with Crippen LogP contribution in [0.2, 0.25) is 0 Å². The number of hydrogen-bond donors (Lipinski definition) is 0. The number of likely N-dealkylation sites (tertiary alicyclic amines) is 2. The van der Waals surface area contributed by atoms with Crippen molar-refractivity contribution in [1.29, 1.82) is 0 Å². The van der Waals surface area contributed by atoms with Gasteiger partial charge in [-0.1, -0.05) is 0 Å². The second-order valence-corrected chi connectivity index (χ2v) is 11.0. The fraction of sp³-hybridized carbons (Fsp3) is 0.923. The molecule has 2 rings (SSSR count). The predicted octanol–water partition coefficient (Wildman–Crippen LogP) is 0.124. The van der Waals surface area contributed by atoms with Gasteiger partial charge in [-0.15, -0.1) is 0 Å². The molecular formula is C13H24N2O5S2. The Labute approximate surface area is 132 Å². The molecule has 2 heterocycles. The maximum absolute atomic E-state index is 12.4. The first-order valence-electron chi connectivity index (χ1n) is 7.50. The second-order valence-electron chi connectivity index (χ2n) is 6.31. The lowest BCUT2D eigenvalue weighted by atomic mass is 10.1. The van der Waals surface area contributed by atoms with Gasteiger partial charge in [-0.25, -0.2) is 21.6 Å². The van der Waals surface area contributed by atoms with E-state index in [4.69, 9.17) is 0 Å². The van der Waals surface area contributed by atoms with Crippen molar-refractivity contribution in [2.24, 2.45) is 0 Å². The Morgan fingerprint density at radius 3 is 1.23 bits per heavy atom. The third-order valence-corrected chi connectivity index (χ3v) is 8.00. The molecule has 0 bridgehead atoms. The zero-order valence-corrected chi connectivity index (χ0v) is 14.7. The van der Waals surface area contributed by atoms with Crippen LogP contribution in [0, 0.1) is 0 Å². The molecule has 2 saturated heterocycles. The van der Waals surface area contributed by atoms with Crippen LogP contribution >= 0.6 is 0 Å². The first-order valence-corrected chi connectivity index (χ1v) is 11.4. The quantitative estimate of drug-likeness (QED) is 0.704. The van der Waals surface area contributed by atoms with Gasteiger partial charge in [0, 0.05) is 38.7 Å². The van der Waals surface area contributed by atoms with Crippen molar-refractivity contribution in [1.82, 2.24) is 9.80 Å². The molecule has 0 radical (unpaired) electrons. The number of nitrogens with zero attached hydrogens (tertiary/aromatic N) is 2. The predicted molar refractivity (Wildman–Crippen MR) is 84.3 cm³/mol. The topological polar surface area (TPSA) is 91.8 Å². The van der Waals surface area contributed by atoms with Crippen LogP contribution in [0.1, 0.15) is 25.7 Å². The minimum absolute atomic E-state index is 0.0982. The molecule has 2 aliphatic heterocycles. The average Bonchev–Trinajstić information content (AvgIpc) is 2.45. The molecule has 0 saturated carbocycles. The smallest absolute Gasteiger partial charge is 0.319 e. The van der Waals surface area contributed by atoms with E-state index in [1.165, 1.54) is 12.5 Å². The summed E-state index contributed by atoms with van der Waals surface area (Å²) in [5.74, 6) is 0. The molecule has 0 unspecified atom stereocenters. The molecule has 0 aromatic rings. The van der Waals surface area contributed by atoms with Crippen molar-refractivity contribution in [2.75, 3.05) is 38.7 Å². The van der Waals surface area contributed by atoms with Crippen molar-refractivity contribution in [2.45, 2.75) is 36.2 Å². The van der Waals surface area contributed by atoms with E-state index < -0.39 is 19.7 Å². The molecule has 7 nitrogen and oxygen atoms in total. The van der Waals surface area contributed by atoms with Crippen LogP contribution in [0.25, 0.3) is 0 Å². The van der Waals surface area contributed by atoms with E-state index in [1.807, 2.05) is 0 Å². The molecule has 0 aromatic carbocycles. The van der Waals surface area contributed by atoms with Crippen LogP contribution < -0.4 is 0 Å². The Bertz CT molecular complexity index is 559. The maximum Gasteiger partial charge on any atom is 0.319 e. The van der Waals surface area contributed by atoms with Crippen LogP contribution in [0.4, 0.5) is 4.79 Å². The van der Waals surface area contributed by atoms with E-state index in [0.717, 1.165) is 0 Å². The van der Waals surface area contributed by atoms with E-state index in [0.29, 0.717) is 51.9 Å². The van der Waals surface area contributed by atoms with Crippen LogP contribution in [0.15, 0.2) is 0 Å². The third-order valence-electron chi connectivity index (χ3n) is 4.64. The van der Waals surface area contributed by atoms with Crippen LogP contribution in [-0.4, -0.2) is 81.9 Å². The SMILES string of the molecule is CS(=O)(=O)C1CCN(C(=O)N2CCC(S(C)(=O)=O)CC2)CC1. The summed E-state index contributed by atoms with van der Waals surface area (Å²) in [6, 6.07) is -0.0982. The summed E-state index contributed by atoms with van der Waals surface area (Å²) in [4.78, 5) is 15.8. The number of sulfone groups is 2. The van der Waals surface area contributed by atoms with Gasteiger partial charge < -0.3 is 9.80 Å². The maximum atomic E-state index is 12.4. The lowest BCUT2D eigenvalue weighted by molar-refractivity contribution is 0.136. The molecule has 0 aliphatic carbocycles. The summed E-state index contributed by atoms with van der Waals surface area (Å²) in [7, 11) is -6.08. The van der Waals surface area contributed by atoms with Gasteiger partial charge in [-0.2, -0.15) is 0 Å². The van der Waals surface area contributed by atoms with Gasteiger partial charge in [0.15, 0.2) is 0 Å². The summed E-state index contributed by atoms with van der Waals surface area (Å²) < 4.78 is 46.1. The molecule has 2 fully saturated rings. The molecule has 0 aromatic heterocycles. The molecule has 0 spiro atoms. The van der Waals surface area contributed by atoms with E-state index in [-0.39, 0.29) is 16.5 Å². The Balaban J connectivity index is 1.87. The number of carbonyl (C=O) groups excluding carboxylic acids is 1. The molecule has 0 atom stereocenters. The highest BCUT2D eigenvalue weighted by Gasteiger charge is 2.33. The van der Waals surface area contributed by atoms with Gasteiger partial charge in [0.25, 0.3) is 0 Å². The third kappa shape index (κ3) is 4.13. The average molecular weight is 352 g/mol. The highest BCUT2D eigenvalue weighted by Crippen LogP contribution is 2.21. The molecule has 2 amide bonds. The van der Waals surface area contributed by atoms with Crippen molar-refractivity contribution in [3.05, 3.63) is 0 Å². The van der Waals surface area contributed by atoms with Gasteiger partial charge >= 0.3 is 6.03 Å². The van der Waals surface area contributed by atoms with Crippen LogP contribution in [0.5, 0.6) is 0 Å². The van der Waals surface area contributed by atoms with Gasteiger partial charge in [0.1, 0.15) is 19.7 Å². The minimum atomic E-state index is -3.04. The Hall–Kier alpha value is -0.830. The molecule has 2 aliphatic rings. The first kappa shape index (κ1) is 17.5. The number of piperidine rings is 2. The second kappa shape index (κ2) is 6.35. The number of urea groups is 1. The molecular weight excluding hydrogens is 328 g/mol. The standard InChI is InChI=1S/C13H24N2O5S2/c1-21(17,18)11-3-7-14(8-4-11)13(16)15-9-5-12(6-10-15)22(2,19)20/h11-12H,3-10H2,1-2H3. The molecule has 22 heavy (non-hydrogen) atoms. The highest BCUT2D eigenvalue weighted by molar-refractivity contribution is 7.91. The van der Waals surface area contributed by atoms with Gasteiger partial charge in [-0.05, 0) is 25.7 Å². The van der Waals surface area contributed by atoms with Crippen molar-refractivity contribution >= 4 is 25.7 Å². The largest absolute Gasteiger partial charge is 0.325 e. The van der Waals surface area contributed by atoms with Crippen molar-refractivity contribution < 1.29 is 21.6 Å². The summed E-state index contributed by atoms with van der Waals surface area (Å²) in [5.41, 5.74) is 0.